The van der Waals surface area contributed by atoms with Crippen LogP contribution in [0.25, 0.3) is 0 Å². The van der Waals surface area contributed by atoms with Gasteiger partial charge in [0.25, 0.3) is 0 Å². The quantitative estimate of drug-likeness (QED) is 0.635. The van der Waals surface area contributed by atoms with E-state index in [2.05, 4.69) is 32.6 Å². The summed E-state index contributed by atoms with van der Waals surface area (Å²) in [5.41, 5.74) is 6.56. The van der Waals surface area contributed by atoms with Gasteiger partial charge in [-0.15, -0.1) is 0 Å². The van der Waals surface area contributed by atoms with Crippen molar-refractivity contribution in [2.24, 2.45) is 11.7 Å². The van der Waals surface area contributed by atoms with Crippen LogP contribution in [0.1, 0.15) is 85.5 Å². The van der Waals surface area contributed by atoms with Crippen LogP contribution in [0.15, 0.2) is 0 Å². The number of nitrogens with zero attached hydrogens (tertiary/aromatic N) is 1. The molecule has 2 heteroatoms. The van der Waals surface area contributed by atoms with E-state index in [1.165, 1.54) is 64.3 Å². The Morgan fingerprint density at radius 3 is 2.30 bits per heavy atom. The summed E-state index contributed by atoms with van der Waals surface area (Å²) in [5, 5.41) is 0. The molecule has 0 heterocycles. The number of rotatable bonds is 10. The zero-order valence-corrected chi connectivity index (χ0v) is 14.5. The van der Waals surface area contributed by atoms with Crippen LogP contribution in [0, 0.1) is 5.92 Å². The molecule has 1 fully saturated rings. The SMILES string of the molecule is CCCCC(CC)(CN)N(CCC(C)C)C1CCCC1. The molecule has 2 N–H and O–H groups in total. The Labute approximate surface area is 127 Å². The van der Waals surface area contributed by atoms with E-state index in [1.54, 1.807) is 0 Å². The summed E-state index contributed by atoms with van der Waals surface area (Å²) in [4.78, 5) is 2.84. The second-order valence-corrected chi connectivity index (χ2v) is 7.20. The summed E-state index contributed by atoms with van der Waals surface area (Å²) in [7, 11) is 0. The smallest absolute Gasteiger partial charge is 0.0332 e. The third kappa shape index (κ3) is 4.73. The van der Waals surface area contributed by atoms with Crippen LogP contribution >= 0.6 is 0 Å². The zero-order valence-electron chi connectivity index (χ0n) is 14.5. The molecular weight excluding hydrogens is 244 g/mol. The molecule has 0 spiro atoms. The monoisotopic (exact) mass is 282 g/mol. The van der Waals surface area contributed by atoms with Gasteiger partial charge in [-0.1, -0.05) is 53.4 Å². The zero-order chi connectivity index (χ0) is 15.0. The molecule has 1 rings (SSSR count). The molecule has 0 bridgehead atoms. The first kappa shape index (κ1) is 18.0. The summed E-state index contributed by atoms with van der Waals surface area (Å²) < 4.78 is 0. The molecule has 120 valence electrons. The van der Waals surface area contributed by atoms with Crippen molar-refractivity contribution in [3.8, 4) is 0 Å². The molecular formula is C18H38N2. The summed E-state index contributed by atoms with van der Waals surface area (Å²) in [5.74, 6) is 0.789. The predicted octanol–water partition coefficient (Wildman–Crippen LogP) is 4.57. The maximum atomic E-state index is 6.29. The Balaban J connectivity index is 2.83. The van der Waals surface area contributed by atoms with Crippen LogP contribution in [-0.4, -0.2) is 29.6 Å². The molecule has 0 aromatic rings. The predicted molar refractivity (Wildman–Crippen MR) is 90.0 cm³/mol. The van der Waals surface area contributed by atoms with E-state index in [-0.39, 0.29) is 5.54 Å². The lowest BCUT2D eigenvalue weighted by molar-refractivity contribution is 0.0326. The molecule has 0 aliphatic heterocycles. The van der Waals surface area contributed by atoms with Crippen molar-refractivity contribution >= 4 is 0 Å². The Bertz CT molecular complexity index is 240. The Kier molecular flexibility index (Phi) is 8.13. The van der Waals surface area contributed by atoms with Gasteiger partial charge in [0.2, 0.25) is 0 Å². The fourth-order valence-electron chi connectivity index (χ4n) is 3.81. The van der Waals surface area contributed by atoms with Crippen molar-refractivity contribution in [1.82, 2.24) is 4.90 Å². The van der Waals surface area contributed by atoms with Gasteiger partial charge in [-0.3, -0.25) is 4.90 Å². The van der Waals surface area contributed by atoms with Gasteiger partial charge < -0.3 is 5.73 Å². The highest BCUT2D eigenvalue weighted by Crippen LogP contribution is 2.34. The fraction of sp³-hybridized carbons (Fsp3) is 1.00. The topological polar surface area (TPSA) is 29.3 Å². The van der Waals surface area contributed by atoms with Crippen molar-refractivity contribution < 1.29 is 0 Å². The first-order chi connectivity index (χ1) is 9.59. The van der Waals surface area contributed by atoms with Crippen molar-refractivity contribution in [2.45, 2.75) is 97.1 Å². The third-order valence-electron chi connectivity index (χ3n) is 5.36. The van der Waals surface area contributed by atoms with Gasteiger partial charge in [0.05, 0.1) is 0 Å². The molecule has 1 saturated carbocycles. The summed E-state index contributed by atoms with van der Waals surface area (Å²) >= 11 is 0. The summed E-state index contributed by atoms with van der Waals surface area (Å²) in [6.45, 7) is 11.4. The highest BCUT2D eigenvalue weighted by molar-refractivity contribution is 4.95. The summed E-state index contributed by atoms with van der Waals surface area (Å²) in [6.07, 6.45) is 12.0. The molecule has 20 heavy (non-hydrogen) atoms. The van der Waals surface area contributed by atoms with Gasteiger partial charge in [-0.25, -0.2) is 0 Å². The lowest BCUT2D eigenvalue weighted by Gasteiger charge is -2.47. The molecule has 1 atom stereocenters. The van der Waals surface area contributed by atoms with Crippen molar-refractivity contribution in [2.75, 3.05) is 13.1 Å². The van der Waals surface area contributed by atoms with E-state index in [1.807, 2.05) is 0 Å². The summed E-state index contributed by atoms with van der Waals surface area (Å²) in [6, 6.07) is 0.800. The largest absolute Gasteiger partial charge is 0.329 e. The second kappa shape index (κ2) is 9.04. The highest BCUT2D eigenvalue weighted by atomic mass is 15.2. The molecule has 0 amide bonds. The minimum absolute atomic E-state index is 0.264. The van der Waals surface area contributed by atoms with Crippen LogP contribution < -0.4 is 5.73 Å². The number of hydrogen-bond acceptors (Lipinski definition) is 2. The molecule has 2 nitrogen and oxygen atoms in total. The molecule has 1 aliphatic rings. The van der Waals surface area contributed by atoms with Crippen LogP contribution in [0.5, 0.6) is 0 Å². The average molecular weight is 283 g/mol. The average Bonchev–Trinajstić information content (AvgIpc) is 2.96. The van der Waals surface area contributed by atoms with Gasteiger partial charge in [0.15, 0.2) is 0 Å². The van der Waals surface area contributed by atoms with Crippen LogP contribution in [-0.2, 0) is 0 Å². The minimum atomic E-state index is 0.264. The van der Waals surface area contributed by atoms with E-state index in [4.69, 9.17) is 5.73 Å². The maximum Gasteiger partial charge on any atom is 0.0332 e. The van der Waals surface area contributed by atoms with Gasteiger partial charge in [0.1, 0.15) is 0 Å². The first-order valence-electron chi connectivity index (χ1n) is 9.06. The Morgan fingerprint density at radius 1 is 1.20 bits per heavy atom. The van der Waals surface area contributed by atoms with E-state index in [0.717, 1.165) is 18.5 Å². The van der Waals surface area contributed by atoms with E-state index < -0.39 is 0 Å². The molecule has 0 saturated heterocycles. The van der Waals surface area contributed by atoms with Crippen LogP contribution in [0.4, 0.5) is 0 Å². The standard InChI is InChI=1S/C18H38N2/c1-5-7-13-18(6-2,15-19)20(14-12-16(3)4)17-10-8-9-11-17/h16-17H,5-15,19H2,1-4H3. The Morgan fingerprint density at radius 2 is 1.85 bits per heavy atom. The van der Waals surface area contributed by atoms with Crippen molar-refractivity contribution in [3.63, 3.8) is 0 Å². The highest BCUT2D eigenvalue weighted by Gasteiger charge is 2.38. The van der Waals surface area contributed by atoms with Crippen LogP contribution in [0.2, 0.25) is 0 Å². The third-order valence-corrected chi connectivity index (χ3v) is 5.36. The molecule has 0 aromatic heterocycles. The molecule has 1 aliphatic carbocycles. The van der Waals surface area contributed by atoms with E-state index in [9.17, 15) is 0 Å². The second-order valence-electron chi connectivity index (χ2n) is 7.20. The number of unbranched alkanes of at least 4 members (excludes halogenated alkanes) is 1. The van der Waals surface area contributed by atoms with E-state index >= 15 is 0 Å². The molecule has 1 unspecified atom stereocenters. The molecule has 0 aromatic carbocycles. The van der Waals surface area contributed by atoms with Gasteiger partial charge in [-0.05, 0) is 44.6 Å². The van der Waals surface area contributed by atoms with Crippen molar-refractivity contribution in [1.29, 1.82) is 0 Å². The van der Waals surface area contributed by atoms with Gasteiger partial charge in [0, 0.05) is 18.1 Å². The van der Waals surface area contributed by atoms with Crippen LogP contribution in [0.3, 0.4) is 0 Å². The normalized spacial score (nSPS) is 19.9. The Hall–Kier alpha value is -0.0800. The molecule has 0 radical (unpaired) electrons. The number of nitrogens with two attached hydrogens (primary N) is 1. The van der Waals surface area contributed by atoms with Crippen molar-refractivity contribution in [3.05, 3.63) is 0 Å². The van der Waals surface area contributed by atoms with E-state index in [0.29, 0.717) is 0 Å². The lowest BCUT2D eigenvalue weighted by atomic mass is 9.85. The first-order valence-corrected chi connectivity index (χ1v) is 9.06. The minimum Gasteiger partial charge on any atom is -0.329 e. The van der Waals surface area contributed by atoms with Gasteiger partial charge in [-0.2, -0.15) is 0 Å². The van der Waals surface area contributed by atoms with Gasteiger partial charge >= 0.3 is 0 Å². The fourth-order valence-corrected chi connectivity index (χ4v) is 3.81. The number of hydrogen-bond donors (Lipinski definition) is 1. The lowest BCUT2D eigenvalue weighted by Crippen LogP contribution is -2.57. The maximum absolute atomic E-state index is 6.29.